The lowest BCUT2D eigenvalue weighted by atomic mass is 10.2. The molecule has 0 aromatic heterocycles. The highest BCUT2D eigenvalue weighted by Gasteiger charge is 2.50. The molecule has 2 atom stereocenters. The van der Waals surface area contributed by atoms with Gasteiger partial charge in [-0.25, -0.2) is 0 Å². The monoisotopic (exact) mass is 464 g/mol. The second-order valence-corrected chi connectivity index (χ2v) is 9.07. The van der Waals surface area contributed by atoms with Gasteiger partial charge in [-0.3, -0.25) is 29.4 Å². The molecule has 2 heterocycles. The first-order valence-corrected chi connectivity index (χ1v) is 11.3. The fraction of sp³-hybridized carbons (Fsp3) is 0.136. The number of nitriles is 1. The summed E-state index contributed by atoms with van der Waals surface area (Å²) in [5.41, 5.74) is 1.08. The number of thioether (sulfide) groups is 2. The quantitative estimate of drug-likeness (QED) is 0.515. The molecule has 32 heavy (non-hydrogen) atoms. The zero-order valence-corrected chi connectivity index (χ0v) is 18.1. The lowest BCUT2D eigenvalue weighted by Crippen LogP contribution is -2.38. The topological polar surface area (TPSA) is 119 Å². The van der Waals surface area contributed by atoms with Crippen LogP contribution in [0, 0.1) is 11.3 Å². The van der Waals surface area contributed by atoms with Crippen molar-refractivity contribution < 1.29 is 19.2 Å². The molecular formula is C22H16N4O4S2. The Morgan fingerprint density at radius 2 is 1.66 bits per heavy atom. The summed E-state index contributed by atoms with van der Waals surface area (Å²) >= 11 is 1.68. The molecule has 0 spiro atoms. The molecule has 10 heteroatoms. The molecule has 4 amide bonds. The number of hydrogen-bond acceptors (Lipinski definition) is 7. The van der Waals surface area contributed by atoms with Gasteiger partial charge in [0, 0.05) is 12.2 Å². The van der Waals surface area contributed by atoms with E-state index in [4.69, 9.17) is 0 Å². The fourth-order valence-corrected chi connectivity index (χ4v) is 5.65. The van der Waals surface area contributed by atoms with Crippen molar-refractivity contribution in [2.24, 2.45) is 0 Å². The van der Waals surface area contributed by atoms with Crippen LogP contribution >= 0.6 is 23.5 Å². The first kappa shape index (κ1) is 21.7. The van der Waals surface area contributed by atoms with Gasteiger partial charge in [-0.05, 0) is 29.5 Å². The number of nitrogens with one attached hydrogen (secondary N) is 2. The van der Waals surface area contributed by atoms with Gasteiger partial charge in [-0.15, -0.1) is 0 Å². The standard InChI is InChI=1S/C22H16N4O4S2/c23-11-15(18(27)24-12-13-7-3-1-4-8-13)21-26(14-9-5-2-6-10-14)20(29)17(31-21)16-19(28)25-22(30)32-16/h1-10,16-17H,12H2,(H,24,27)(H,25,28,30)/b21-15-/t16-,17-/m1/s1. The normalized spacial score (nSPS) is 21.8. The number of para-hydroxylation sites is 1. The van der Waals surface area contributed by atoms with E-state index in [0.717, 1.165) is 29.1 Å². The zero-order chi connectivity index (χ0) is 22.7. The predicted octanol–water partition coefficient (Wildman–Crippen LogP) is 2.54. The maximum absolute atomic E-state index is 13.3. The smallest absolute Gasteiger partial charge is 0.286 e. The third-order valence-electron chi connectivity index (χ3n) is 4.76. The highest BCUT2D eigenvalue weighted by atomic mass is 32.2. The molecule has 8 nitrogen and oxygen atoms in total. The van der Waals surface area contributed by atoms with Crippen LogP contribution in [0.4, 0.5) is 10.5 Å². The molecule has 2 N–H and O–H groups in total. The second-order valence-electron chi connectivity index (χ2n) is 6.82. The molecular weight excluding hydrogens is 448 g/mol. The van der Waals surface area contributed by atoms with E-state index in [1.807, 2.05) is 36.4 Å². The lowest BCUT2D eigenvalue weighted by molar-refractivity contribution is -0.122. The van der Waals surface area contributed by atoms with E-state index in [1.54, 1.807) is 30.3 Å². The van der Waals surface area contributed by atoms with Crippen LogP contribution in [0.3, 0.4) is 0 Å². The first-order chi connectivity index (χ1) is 15.5. The summed E-state index contributed by atoms with van der Waals surface area (Å²) in [5.74, 6) is -1.66. The van der Waals surface area contributed by atoms with Gasteiger partial charge in [0.05, 0.1) is 0 Å². The maximum Gasteiger partial charge on any atom is 0.286 e. The van der Waals surface area contributed by atoms with Crippen molar-refractivity contribution in [2.45, 2.75) is 17.0 Å². The van der Waals surface area contributed by atoms with Crippen LogP contribution in [-0.2, 0) is 20.9 Å². The largest absolute Gasteiger partial charge is 0.347 e. The Bertz CT molecular complexity index is 1160. The van der Waals surface area contributed by atoms with Gasteiger partial charge in [-0.1, -0.05) is 60.3 Å². The summed E-state index contributed by atoms with van der Waals surface area (Å²) in [4.78, 5) is 51.3. The molecule has 0 saturated carbocycles. The van der Waals surface area contributed by atoms with Crippen molar-refractivity contribution in [1.29, 1.82) is 5.26 Å². The van der Waals surface area contributed by atoms with E-state index in [0.29, 0.717) is 5.69 Å². The minimum atomic E-state index is -0.952. The number of nitrogens with zero attached hydrogens (tertiary/aromatic N) is 2. The van der Waals surface area contributed by atoms with E-state index in [-0.39, 0.29) is 17.1 Å². The van der Waals surface area contributed by atoms with E-state index in [1.165, 1.54) is 4.90 Å². The van der Waals surface area contributed by atoms with Crippen molar-refractivity contribution in [3.63, 3.8) is 0 Å². The highest BCUT2D eigenvalue weighted by molar-refractivity contribution is 8.16. The number of amides is 4. The summed E-state index contributed by atoms with van der Waals surface area (Å²) in [6.45, 7) is 0.209. The lowest BCUT2D eigenvalue weighted by Gasteiger charge is -2.19. The first-order valence-electron chi connectivity index (χ1n) is 9.53. The third kappa shape index (κ3) is 4.26. The Balaban J connectivity index is 1.69. The average Bonchev–Trinajstić information content (AvgIpc) is 3.32. The molecule has 0 unspecified atom stereocenters. The molecule has 2 aliphatic rings. The van der Waals surface area contributed by atoms with E-state index in [2.05, 4.69) is 10.6 Å². The van der Waals surface area contributed by atoms with Gasteiger partial charge in [0.1, 0.15) is 27.2 Å². The zero-order valence-electron chi connectivity index (χ0n) is 16.5. The highest BCUT2D eigenvalue weighted by Crippen LogP contribution is 2.45. The Kier molecular flexibility index (Phi) is 6.30. The Morgan fingerprint density at radius 3 is 2.25 bits per heavy atom. The summed E-state index contributed by atoms with van der Waals surface area (Å²) < 4.78 is 0. The summed E-state index contributed by atoms with van der Waals surface area (Å²) in [6.07, 6.45) is 0. The third-order valence-corrected chi connectivity index (χ3v) is 7.33. The van der Waals surface area contributed by atoms with Crippen LogP contribution in [0.5, 0.6) is 0 Å². The Hall–Kier alpha value is -3.55. The molecule has 2 saturated heterocycles. The molecule has 2 aliphatic heterocycles. The number of carbonyl (C=O) groups is 4. The van der Waals surface area contributed by atoms with Crippen molar-refractivity contribution >= 4 is 52.2 Å². The van der Waals surface area contributed by atoms with E-state index in [9.17, 15) is 24.4 Å². The van der Waals surface area contributed by atoms with Crippen LogP contribution in [0.25, 0.3) is 0 Å². The number of hydrogen-bond donors (Lipinski definition) is 2. The van der Waals surface area contributed by atoms with E-state index < -0.39 is 33.5 Å². The number of anilines is 1. The molecule has 160 valence electrons. The van der Waals surface area contributed by atoms with Crippen molar-refractivity contribution in [1.82, 2.24) is 10.6 Å². The predicted molar refractivity (Wildman–Crippen MR) is 121 cm³/mol. The molecule has 2 aromatic carbocycles. The Morgan fingerprint density at radius 1 is 1.00 bits per heavy atom. The molecule has 0 aliphatic carbocycles. The molecule has 0 radical (unpaired) electrons. The van der Waals surface area contributed by atoms with Gasteiger partial charge in [0.2, 0.25) is 11.8 Å². The van der Waals surface area contributed by atoms with Gasteiger partial charge in [0.15, 0.2) is 0 Å². The maximum atomic E-state index is 13.3. The molecule has 0 bridgehead atoms. The molecule has 2 fully saturated rings. The van der Waals surface area contributed by atoms with Crippen LogP contribution in [-0.4, -0.2) is 33.5 Å². The number of imide groups is 1. The van der Waals surface area contributed by atoms with Gasteiger partial charge < -0.3 is 5.32 Å². The fourth-order valence-electron chi connectivity index (χ4n) is 3.27. The second kappa shape index (κ2) is 9.30. The van der Waals surface area contributed by atoms with Crippen LogP contribution in [0.15, 0.2) is 71.3 Å². The number of carbonyl (C=O) groups excluding carboxylic acids is 4. The van der Waals surface area contributed by atoms with Crippen molar-refractivity contribution in [3.05, 3.63) is 76.8 Å². The van der Waals surface area contributed by atoms with Crippen LogP contribution in [0.1, 0.15) is 5.56 Å². The van der Waals surface area contributed by atoms with E-state index >= 15 is 0 Å². The summed E-state index contributed by atoms with van der Waals surface area (Å²) in [6, 6.07) is 19.7. The minimum Gasteiger partial charge on any atom is -0.347 e. The number of rotatable bonds is 5. The molecule has 2 aromatic rings. The SMILES string of the molecule is N#C/C(C(=O)NCc1ccccc1)=C1/S[C@H]([C@H]2SC(=O)NC2=O)C(=O)N1c1ccccc1. The van der Waals surface area contributed by atoms with Gasteiger partial charge >= 0.3 is 0 Å². The van der Waals surface area contributed by atoms with Crippen molar-refractivity contribution in [2.75, 3.05) is 4.90 Å². The van der Waals surface area contributed by atoms with Crippen molar-refractivity contribution in [3.8, 4) is 6.07 Å². The number of benzene rings is 2. The summed E-state index contributed by atoms with van der Waals surface area (Å²) in [5, 5.41) is 12.4. The average molecular weight is 465 g/mol. The Labute approximate surface area is 192 Å². The summed E-state index contributed by atoms with van der Waals surface area (Å²) in [7, 11) is 0. The van der Waals surface area contributed by atoms with Crippen LogP contribution in [0.2, 0.25) is 0 Å². The van der Waals surface area contributed by atoms with Gasteiger partial charge in [-0.2, -0.15) is 5.26 Å². The molecule has 4 rings (SSSR count). The minimum absolute atomic E-state index is 0.131. The van der Waals surface area contributed by atoms with Gasteiger partial charge in [0.25, 0.3) is 11.1 Å². The van der Waals surface area contributed by atoms with Crippen LogP contribution < -0.4 is 15.5 Å².